The third kappa shape index (κ3) is 10.9. The predicted molar refractivity (Wildman–Crippen MR) is 115 cm³/mol. The van der Waals surface area contributed by atoms with Crippen molar-refractivity contribution in [1.82, 2.24) is 5.32 Å². The van der Waals surface area contributed by atoms with E-state index in [1.54, 1.807) is 26.8 Å². The maximum atomic E-state index is 12.1. The molecule has 8 nitrogen and oxygen atoms in total. The van der Waals surface area contributed by atoms with Crippen molar-refractivity contribution >= 4 is 29.5 Å². The Balaban J connectivity index is 2.72. The van der Waals surface area contributed by atoms with E-state index in [1.807, 2.05) is 12.1 Å². The first-order chi connectivity index (χ1) is 14.0. The van der Waals surface area contributed by atoms with Gasteiger partial charge in [-0.2, -0.15) is 0 Å². The van der Waals surface area contributed by atoms with E-state index in [4.69, 9.17) is 32.5 Å². The number of halogens is 1. The SMILES string of the molecule is CC(C)(C)OC(=O)N[C@@H](CCC(N)=O)COc1cccc(CCCCC(N)=O)c1Cl. The number of carbonyl (C=O) groups excluding carboxylic acids is 3. The zero-order valence-corrected chi connectivity index (χ0v) is 18.6. The van der Waals surface area contributed by atoms with Gasteiger partial charge in [-0.05, 0) is 58.1 Å². The van der Waals surface area contributed by atoms with Crippen molar-refractivity contribution in [1.29, 1.82) is 0 Å². The number of alkyl carbamates (subject to hydrolysis) is 1. The van der Waals surface area contributed by atoms with Gasteiger partial charge in [-0.15, -0.1) is 0 Å². The average Bonchev–Trinajstić information content (AvgIpc) is 2.61. The van der Waals surface area contributed by atoms with E-state index in [0.717, 1.165) is 12.0 Å². The number of carbonyl (C=O) groups is 3. The summed E-state index contributed by atoms with van der Waals surface area (Å²) in [5.41, 5.74) is 10.6. The summed E-state index contributed by atoms with van der Waals surface area (Å²) in [6, 6.07) is 4.96. The first-order valence-corrected chi connectivity index (χ1v) is 10.3. The van der Waals surface area contributed by atoms with E-state index in [2.05, 4.69) is 5.32 Å². The van der Waals surface area contributed by atoms with Crippen LogP contribution in [0.15, 0.2) is 18.2 Å². The second kappa shape index (κ2) is 12.3. The maximum absolute atomic E-state index is 12.1. The van der Waals surface area contributed by atoms with Crippen LogP contribution in [0.5, 0.6) is 5.75 Å². The molecule has 0 aliphatic carbocycles. The van der Waals surface area contributed by atoms with Crippen molar-refractivity contribution in [2.45, 2.75) is 70.9 Å². The molecule has 0 heterocycles. The fourth-order valence-electron chi connectivity index (χ4n) is 2.65. The Kier molecular flexibility index (Phi) is 10.5. The normalized spacial score (nSPS) is 12.1. The van der Waals surface area contributed by atoms with Crippen LogP contribution in [-0.2, 0) is 20.7 Å². The maximum Gasteiger partial charge on any atom is 0.407 e. The number of hydrogen-bond acceptors (Lipinski definition) is 5. The highest BCUT2D eigenvalue weighted by molar-refractivity contribution is 6.32. The number of amides is 3. The number of nitrogens with two attached hydrogens (primary N) is 2. The van der Waals surface area contributed by atoms with E-state index in [1.165, 1.54) is 0 Å². The van der Waals surface area contributed by atoms with Gasteiger partial charge >= 0.3 is 6.09 Å². The van der Waals surface area contributed by atoms with Crippen molar-refractivity contribution < 1.29 is 23.9 Å². The smallest absolute Gasteiger partial charge is 0.407 e. The molecule has 1 atom stereocenters. The summed E-state index contributed by atoms with van der Waals surface area (Å²) in [7, 11) is 0. The summed E-state index contributed by atoms with van der Waals surface area (Å²) >= 11 is 6.45. The Bertz CT molecular complexity index is 734. The van der Waals surface area contributed by atoms with Crippen molar-refractivity contribution in [2.24, 2.45) is 11.5 Å². The number of hydrogen-bond donors (Lipinski definition) is 3. The van der Waals surface area contributed by atoms with E-state index < -0.39 is 23.6 Å². The number of rotatable bonds is 12. The summed E-state index contributed by atoms with van der Waals surface area (Å²) in [5, 5.41) is 3.18. The molecule has 0 bridgehead atoms. The molecule has 1 aromatic carbocycles. The summed E-state index contributed by atoms with van der Waals surface area (Å²) < 4.78 is 11.1. The van der Waals surface area contributed by atoms with Crippen molar-refractivity contribution in [2.75, 3.05) is 6.61 Å². The van der Waals surface area contributed by atoms with Crippen LogP contribution >= 0.6 is 11.6 Å². The van der Waals surface area contributed by atoms with Gasteiger partial charge in [0.05, 0.1) is 11.1 Å². The summed E-state index contributed by atoms with van der Waals surface area (Å²) in [6.07, 6.45) is 2.28. The van der Waals surface area contributed by atoms with E-state index in [-0.39, 0.29) is 18.9 Å². The van der Waals surface area contributed by atoms with E-state index in [9.17, 15) is 14.4 Å². The highest BCUT2D eigenvalue weighted by Crippen LogP contribution is 2.29. The number of nitrogens with one attached hydrogen (secondary N) is 1. The van der Waals surface area contributed by atoms with Gasteiger partial charge in [0, 0.05) is 12.8 Å². The molecule has 0 aliphatic rings. The lowest BCUT2D eigenvalue weighted by Gasteiger charge is -2.24. The molecule has 1 rings (SSSR count). The first-order valence-electron chi connectivity index (χ1n) is 9.94. The van der Waals surface area contributed by atoms with Crippen LogP contribution in [-0.4, -0.2) is 36.2 Å². The fourth-order valence-corrected chi connectivity index (χ4v) is 2.93. The molecular weight excluding hydrogens is 410 g/mol. The molecule has 168 valence electrons. The van der Waals surface area contributed by atoms with Crippen molar-refractivity contribution in [3.63, 3.8) is 0 Å². The van der Waals surface area contributed by atoms with Crippen LogP contribution in [0.2, 0.25) is 5.02 Å². The van der Waals surface area contributed by atoms with Crippen LogP contribution in [0.25, 0.3) is 0 Å². The molecule has 0 radical (unpaired) electrons. The van der Waals surface area contributed by atoms with Gasteiger partial charge in [0.2, 0.25) is 11.8 Å². The Morgan fingerprint density at radius 2 is 1.77 bits per heavy atom. The van der Waals surface area contributed by atoms with Crippen LogP contribution in [0.4, 0.5) is 4.79 Å². The highest BCUT2D eigenvalue weighted by atomic mass is 35.5. The molecule has 0 saturated heterocycles. The minimum absolute atomic E-state index is 0.0946. The van der Waals surface area contributed by atoms with Gasteiger partial charge in [0.1, 0.15) is 18.0 Å². The lowest BCUT2D eigenvalue weighted by molar-refractivity contribution is -0.119. The molecule has 5 N–H and O–H groups in total. The standard InChI is InChI=1S/C21H32ClN3O5/c1-21(2,3)30-20(28)25-15(11-12-18(24)27)13-29-16-9-6-8-14(19(16)22)7-4-5-10-17(23)26/h6,8-9,15H,4-5,7,10-13H2,1-3H3,(H2,23,26)(H2,24,27)(H,25,28)/t15-/m0/s1. The number of unbranched alkanes of at least 4 members (excludes halogenated alkanes) is 1. The van der Waals surface area contributed by atoms with Crippen LogP contribution < -0.4 is 21.5 Å². The molecule has 0 spiro atoms. The van der Waals surface area contributed by atoms with Crippen molar-refractivity contribution in [3.05, 3.63) is 28.8 Å². The van der Waals surface area contributed by atoms with Crippen LogP contribution in [0, 0.1) is 0 Å². The summed E-state index contributed by atoms with van der Waals surface area (Å²) in [6.45, 7) is 5.37. The quantitative estimate of drug-likeness (QED) is 0.428. The Morgan fingerprint density at radius 1 is 1.10 bits per heavy atom. The van der Waals surface area contributed by atoms with Crippen molar-refractivity contribution in [3.8, 4) is 5.75 Å². The molecule has 0 saturated carbocycles. The average molecular weight is 442 g/mol. The topological polar surface area (TPSA) is 134 Å². The summed E-state index contributed by atoms with van der Waals surface area (Å²) in [4.78, 5) is 34.1. The molecule has 9 heteroatoms. The molecule has 0 aromatic heterocycles. The number of ether oxygens (including phenoxy) is 2. The monoisotopic (exact) mass is 441 g/mol. The number of primary amides is 2. The number of aryl methyl sites for hydroxylation is 1. The zero-order valence-electron chi connectivity index (χ0n) is 17.8. The zero-order chi connectivity index (χ0) is 22.7. The van der Waals surface area contributed by atoms with Gasteiger partial charge in [-0.3, -0.25) is 9.59 Å². The highest BCUT2D eigenvalue weighted by Gasteiger charge is 2.21. The third-order valence-electron chi connectivity index (χ3n) is 4.06. The van der Waals surface area contributed by atoms with Gasteiger partial charge in [0.25, 0.3) is 0 Å². The Labute approximate surface area is 182 Å². The summed E-state index contributed by atoms with van der Waals surface area (Å²) in [5.74, 6) is -0.321. The van der Waals surface area contributed by atoms with Gasteiger partial charge in [-0.1, -0.05) is 23.7 Å². The molecule has 0 aliphatic heterocycles. The number of benzene rings is 1. The molecular formula is C21H32ClN3O5. The minimum Gasteiger partial charge on any atom is -0.490 e. The molecule has 3 amide bonds. The van der Waals surface area contributed by atoms with Gasteiger partial charge in [0.15, 0.2) is 0 Å². The molecule has 1 aromatic rings. The minimum atomic E-state index is -0.647. The first kappa shape index (κ1) is 25.6. The van der Waals surface area contributed by atoms with Gasteiger partial charge in [-0.25, -0.2) is 4.79 Å². The Hall–Kier alpha value is -2.48. The van der Waals surface area contributed by atoms with Gasteiger partial charge < -0.3 is 26.3 Å². The second-order valence-corrected chi connectivity index (χ2v) is 8.44. The van der Waals surface area contributed by atoms with E-state index in [0.29, 0.717) is 36.5 Å². The third-order valence-corrected chi connectivity index (χ3v) is 4.49. The molecule has 0 fully saturated rings. The van der Waals surface area contributed by atoms with Crippen LogP contribution in [0.3, 0.4) is 0 Å². The Morgan fingerprint density at radius 3 is 2.37 bits per heavy atom. The predicted octanol–water partition coefficient (Wildman–Crippen LogP) is 3.08. The molecule has 0 unspecified atom stereocenters. The van der Waals surface area contributed by atoms with Crippen LogP contribution in [0.1, 0.15) is 58.4 Å². The largest absolute Gasteiger partial charge is 0.490 e. The fraction of sp³-hybridized carbons (Fsp3) is 0.571. The second-order valence-electron chi connectivity index (χ2n) is 8.06. The van der Waals surface area contributed by atoms with E-state index >= 15 is 0 Å². The lowest BCUT2D eigenvalue weighted by Crippen LogP contribution is -2.42. The molecule has 30 heavy (non-hydrogen) atoms. The lowest BCUT2D eigenvalue weighted by atomic mass is 10.1.